The van der Waals surface area contributed by atoms with Crippen LogP contribution in [0.1, 0.15) is 55.9 Å². The maximum absolute atomic E-state index is 12.7. The molecule has 0 radical (unpaired) electrons. The first-order valence-electron chi connectivity index (χ1n) is 12.3. The third kappa shape index (κ3) is 4.45. The molecule has 5 rings (SSSR count). The summed E-state index contributed by atoms with van der Waals surface area (Å²) in [7, 11) is -0.490. The molecule has 5 nitrogen and oxygen atoms in total. The monoisotopic (exact) mass is 501 g/mol. The topological polar surface area (TPSA) is 56.8 Å². The average molecular weight is 501 g/mol. The molecule has 36 heavy (non-hydrogen) atoms. The van der Waals surface area contributed by atoms with Gasteiger partial charge in [-0.25, -0.2) is 4.79 Å². The summed E-state index contributed by atoms with van der Waals surface area (Å²) in [5.74, 6) is 0.0292. The van der Waals surface area contributed by atoms with Gasteiger partial charge in [0.05, 0.1) is 11.2 Å². The summed E-state index contributed by atoms with van der Waals surface area (Å²) >= 11 is 4.66. The first kappa shape index (κ1) is 24.9. The van der Waals surface area contributed by atoms with Gasteiger partial charge in [0.1, 0.15) is 6.61 Å². The van der Waals surface area contributed by atoms with Gasteiger partial charge in [-0.1, -0.05) is 54.6 Å². The van der Waals surface area contributed by atoms with Crippen molar-refractivity contribution in [1.82, 2.24) is 5.32 Å². The molecule has 1 amide bonds. The second-order valence-corrected chi connectivity index (χ2v) is 11.1. The van der Waals surface area contributed by atoms with Crippen LogP contribution < -0.4 is 10.8 Å². The fourth-order valence-corrected chi connectivity index (χ4v) is 5.22. The quantitative estimate of drug-likeness (QED) is 0.352. The number of amides is 1. The van der Waals surface area contributed by atoms with E-state index in [4.69, 9.17) is 14.0 Å². The molecule has 7 heteroatoms. The van der Waals surface area contributed by atoms with Crippen LogP contribution in [0.25, 0.3) is 11.1 Å². The molecule has 1 fully saturated rings. The third-order valence-corrected chi connectivity index (χ3v) is 8.23. The van der Waals surface area contributed by atoms with Crippen LogP contribution in [-0.4, -0.2) is 31.0 Å². The van der Waals surface area contributed by atoms with Gasteiger partial charge in [0.25, 0.3) is 0 Å². The van der Waals surface area contributed by atoms with Crippen molar-refractivity contribution >= 4 is 31.3 Å². The van der Waals surface area contributed by atoms with E-state index in [0.717, 1.165) is 21.5 Å². The number of rotatable bonds is 5. The maximum atomic E-state index is 12.7. The van der Waals surface area contributed by atoms with Gasteiger partial charge >= 0.3 is 13.2 Å². The zero-order valence-corrected chi connectivity index (χ0v) is 22.3. The number of hydrogen-bond acceptors (Lipinski definition) is 5. The SMILES string of the molecule is Cc1c(S)cc(CNC(=O)OCC2c3ccccc3-c3ccccc32)cc1B1OC(C)(C)C(C)(C)O1. The lowest BCUT2D eigenvalue weighted by molar-refractivity contribution is 0.00578. The molecule has 0 atom stereocenters. The van der Waals surface area contributed by atoms with Crippen molar-refractivity contribution in [1.29, 1.82) is 0 Å². The highest BCUT2D eigenvalue weighted by atomic mass is 32.1. The summed E-state index contributed by atoms with van der Waals surface area (Å²) in [5.41, 5.74) is 6.76. The minimum atomic E-state index is -0.490. The lowest BCUT2D eigenvalue weighted by atomic mass is 9.75. The maximum Gasteiger partial charge on any atom is 0.495 e. The summed E-state index contributed by atoms with van der Waals surface area (Å²) in [4.78, 5) is 13.5. The Bertz CT molecular complexity index is 1260. The molecule has 1 saturated heterocycles. The van der Waals surface area contributed by atoms with Gasteiger partial charge in [0.2, 0.25) is 0 Å². The van der Waals surface area contributed by atoms with Crippen molar-refractivity contribution in [2.75, 3.05) is 6.61 Å². The molecular formula is C29H32BNO4S. The van der Waals surface area contributed by atoms with Gasteiger partial charge in [-0.2, -0.15) is 0 Å². The lowest BCUT2D eigenvalue weighted by Gasteiger charge is -2.32. The fourth-order valence-electron chi connectivity index (χ4n) is 4.92. The molecule has 1 N–H and O–H groups in total. The van der Waals surface area contributed by atoms with Crippen LogP contribution in [0.2, 0.25) is 0 Å². The van der Waals surface area contributed by atoms with Crippen molar-refractivity contribution in [3.8, 4) is 11.1 Å². The molecule has 3 aromatic rings. The summed E-state index contributed by atoms with van der Waals surface area (Å²) in [5, 5.41) is 2.89. The number of fused-ring (bicyclic) bond motifs is 3. The number of ether oxygens (including phenoxy) is 1. The van der Waals surface area contributed by atoms with E-state index in [1.807, 2.05) is 71.0 Å². The highest BCUT2D eigenvalue weighted by Gasteiger charge is 2.52. The Hall–Kier alpha value is -2.74. The molecule has 0 spiro atoms. The number of carbonyl (C=O) groups excluding carboxylic acids is 1. The summed E-state index contributed by atoms with van der Waals surface area (Å²) in [6, 6.07) is 20.6. The highest BCUT2D eigenvalue weighted by Crippen LogP contribution is 2.44. The molecule has 0 bridgehead atoms. The van der Waals surface area contributed by atoms with Crippen LogP contribution in [0.15, 0.2) is 65.6 Å². The Balaban J connectivity index is 1.25. The van der Waals surface area contributed by atoms with Gasteiger partial charge in [-0.15, -0.1) is 12.6 Å². The average Bonchev–Trinajstić information content (AvgIpc) is 3.27. The smallest absolute Gasteiger partial charge is 0.449 e. The van der Waals surface area contributed by atoms with E-state index in [1.54, 1.807) is 0 Å². The molecule has 1 heterocycles. The molecule has 0 saturated carbocycles. The Morgan fingerprint density at radius 2 is 1.53 bits per heavy atom. The molecule has 2 aliphatic rings. The van der Waals surface area contributed by atoms with Gasteiger partial charge < -0.3 is 19.4 Å². The van der Waals surface area contributed by atoms with Gasteiger partial charge in [-0.3, -0.25) is 0 Å². The molecule has 186 valence electrons. The van der Waals surface area contributed by atoms with E-state index >= 15 is 0 Å². The van der Waals surface area contributed by atoms with Crippen LogP contribution in [0, 0.1) is 6.92 Å². The van der Waals surface area contributed by atoms with Crippen molar-refractivity contribution in [2.24, 2.45) is 0 Å². The summed E-state index contributed by atoms with van der Waals surface area (Å²) < 4.78 is 18.2. The molecule has 1 aliphatic heterocycles. The van der Waals surface area contributed by atoms with Crippen LogP contribution >= 0.6 is 12.6 Å². The number of alkyl carbamates (subject to hydrolysis) is 1. The number of benzene rings is 3. The van der Waals surface area contributed by atoms with Gasteiger partial charge in [0.15, 0.2) is 0 Å². The van der Waals surface area contributed by atoms with Crippen molar-refractivity contribution in [2.45, 2.75) is 63.2 Å². The molecule has 0 aromatic heterocycles. The van der Waals surface area contributed by atoms with E-state index in [2.05, 4.69) is 42.2 Å². The summed E-state index contributed by atoms with van der Waals surface area (Å²) in [6.07, 6.45) is -0.449. The van der Waals surface area contributed by atoms with Gasteiger partial charge in [-0.05, 0) is 79.5 Å². The molecule has 3 aromatic carbocycles. The van der Waals surface area contributed by atoms with Gasteiger partial charge in [0, 0.05) is 17.4 Å². The van der Waals surface area contributed by atoms with E-state index in [9.17, 15) is 4.79 Å². The number of thiol groups is 1. The molecular weight excluding hydrogens is 469 g/mol. The predicted molar refractivity (Wildman–Crippen MR) is 146 cm³/mol. The number of hydrogen-bond donors (Lipinski definition) is 2. The minimum absolute atomic E-state index is 0.0292. The Morgan fingerprint density at radius 3 is 2.11 bits per heavy atom. The van der Waals surface area contributed by atoms with E-state index < -0.39 is 24.4 Å². The van der Waals surface area contributed by atoms with Crippen molar-refractivity contribution < 1.29 is 18.8 Å². The Labute approximate surface area is 219 Å². The van der Waals surface area contributed by atoms with Crippen LogP contribution in [-0.2, 0) is 20.6 Å². The zero-order valence-electron chi connectivity index (χ0n) is 21.4. The fraction of sp³-hybridized carbons (Fsp3) is 0.345. The number of nitrogens with one attached hydrogen (secondary N) is 1. The highest BCUT2D eigenvalue weighted by molar-refractivity contribution is 7.80. The summed E-state index contributed by atoms with van der Waals surface area (Å²) in [6.45, 7) is 10.7. The van der Waals surface area contributed by atoms with Crippen molar-refractivity contribution in [3.63, 3.8) is 0 Å². The standard InChI is InChI=1S/C29H32BNO4S/c1-18-25(30-34-28(2,3)29(4,5)35-30)14-19(15-26(18)36)16-31-27(32)33-17-24-22-12-8-6-10-20(22)21-11-7-9-13-23(21)24/h6-15,24,36H,16-17H2,1-5H3,(H,31,32). The lowest BCUT2D eigenvalue weighted by Crippen LogP contribution is -2.41. The van der Waals surface area contributed by atoms with E-state index in [0.29, 0.717) is 6.54 Å². The van der Waals surface area contributed by atoms with Crippen LogP contribution in [0.5, 0.6) is 0 Å². The minimum Gasteiger partial charge on any atom is -0.449 e. The Kier molecular flexibility index (Phi) is 6.44. The third-order valence-electron chi connectivity index (χ3n) is 7.77. The largest absolute Gasteiger partial charge is 0.495 e. The van der Waals surface area contributed by atoms with E-state index in [1.165, 1.54) is 22.3 Å². The normalized spacial score (nSPS) is 17.6. The number of carbonyl (C=O) groups is 1. The van der Waals surface area contributed by atoms with Crippen LogP contribution in [0.3, 0.4) is 0 Å². The molecule has 0 unspecified atom stereocenters. The predicted octanol–water partition coefficient (Wildman–Crippen LogP) is 5.62. The molecule has 1 aliphatic carbocycles. The zero-order chi connectivity index (χ0) is 25.7. The first-order chi connectivity index (χ1) is 17.1. The van der Waals surface area contributed by atoms with Crippen molar-refractivity contribution in [3.05, 3.63) is 82.9 Å². The van der Waals surface area contributed by atoms with E-state index in [-0.39, 0.29) is 12.5 Å². The first-order valence-corrected chi connectivity index (χ1v) is 12.8. The second-order valence-electron chi connectivity index (χ2n) is 10.6. The Morgan fingerprint density at radius 1 is 0.972 bits per heavy atom. The van der Waals surface area contributed by atoms with Crippen LogP contribution in [0.4, 0.5) is 4.79 Å². The second kappa shape index (κ2) is 9.29.